The summed E-state index contributed by atoms with van der Waals surface area (Å²) in [5.74, 6) is 0.169. The van der Waals surface area contributed by atoms with Crippen molar-refractivity contribution in [2.75, 3.05) is 0 Å². The minimum atomic E-state index is -0.0916. The second-order valence-corrected chi connectivity index (χ2v) is 6.63. The van der Waals surface area contributed by atoms with Gasteiger partial charge >= 0.3 is 18.9 Å². The van der Waals surface area contributed by atoms with Crippen molar-refractivity contribution in [1.29, 1.82) is 0 Å². The van der Waals surface area contributed by atoms with Gasteiger partial charge in [-0.15, -0.1) is 5.75 Å². The first-order chi connectivity index (χ1) is 7.05. The Kier molecular flexibility index (Phi) is 4.97. The molecule has 0 saturated carbocycles. The molecule has 0 atom stereocenters. The van der Waals surface area contributed by atoms with Gasteiger partial charge in [-0.1, -0.05) is 53.7 Å². The Balaban J connectivity index is 0.00000256. The smallest absolute Gasteiger partial charge is 0.872 e. The van der Waals surface area contributed by atoms with Crippen LogP contribution in [0.1, 0.15) is 58.2 Å². The number of rotatable bonds is 0. The van der Waals surface area contributed by atoms with E-state index in [1.165, 1.54) is 11.1 Å². The minimum absolute atomic E-state index is 0. The van der Waals surface area contributed by atoms with Crippen molar-refractivity contribution in [2.24, 2.45) is 0 Å². The average Bonchev–Trinajstić information content (AvgIpc) is 2.04. The van der Waals surface area contributed by atoms with Crippen LogP contribution in [0, 0.1) is 6.92 Å². The normalized spacial score (nSPS) is 12.2. The zero-order valence-electron chi connectivity index (χ0n) is 12.6. The zero-order chi connectivity index (χ0) is 12.7. The molecule has 0 spiro atoms. The quantitative estimate of drug-likeness (QED) is 0.596. The molecule has 0 aliphatic carbocycles. The molecule has 0 radical (unpaired) electrons. The molecule has 1 nitrogen and oxygen atoms in total. The summed E-state index contributed by atoms with van der Waals surface area (Å²) in [5.41, 5.74) is 3.34. The van der Waals surface area contributed by atoms with Crippen LogP contribution in [0.5, 0.6) is 5.75 Å². The van der Waals surface area contributed by atoms with Crippen LogP contribution in [0.25, 0.3) is 0 Å². The molecular weight excluding hydrogens is 203 g/mol. The van der Waals surface area contributed by atoms with Crippen molar-refractivity contribution in [3.63, 3.8) is 0 Å². The number of hydrogen-bond donors (Lipinski definition) is 0. The van der Waals surface area contributed by atoms with Gasteiger partial charge in [0, 0.05) is 0 Å². The molecule has 0 saturated heterocycles. The number of aryl methyl sites for hydroxylation is 1. The van der Waals surface area contributed by atoms with E-state index in [9.17, 15) is 5.11 Å². The van der Waals surface area contributed by atoms with Gasteiger partial charge in [0.15, 0.2) is 0 Å². The van der Waals surface area contributed by atoms with Crippen LogP contribution in [-0.4, -0.2) is 0 Å². The predicted molar refractivity (Wildman–Crippen MR) is 68.0 cm³/mol. The van der Waals surface area contributed by atoms with Gasteiger partial charge in [-0.2, -0.15) is 0 Å². The summed E-state index contributed by atoms with van der Waals surface area (Å²) in [7, 11) is 0. The van der Waals surface area contributed by atoms with Crippen molar-refractivity contribution >= 4 is 0 Å². The topological polar surface area (TPSA) is 23.1 Å². The van der Waals surface area contributed by atoms with E-state index in [0.29, 0.717) is 0 Å². The third-order valence-corrected chi connectivity index (χ3v) is 2.88. The van der Waals surface area contributed by atoms with Gasteiger partial charge in [0.05, 0.1) is 0 Å². The summed E-state index contributed by atoms with van der Waals surface area (Å²) in [6.45, 7) is 14.9. The molecule has 0 aliphatic heterocycles. The standard InChI is InChI=1S/C15H24O.Li/c1-10-8-9-11(16)13(15(5,6)7)12(10)14(2,3)4;/h8-9,16H,1-7H3;/q;+1/p-1. The summed E-state index contributed by atoms with van der Waals surface area (Å²) in [6.07, 6.45) is 0. The van der Waals surface area contributed by atoms with E-state index in [0.717, 1.165) is 5.56 Å². The maximum Gasteiger partial charge on any atom is 1.00 e. The fourth-order valence-corrected chi connectivity index (χ4v) is 2.40. The van der Waals surface area contributed by atoms with Crippen LogP contribution in [0.2, 0.25) is 0 Å². The first kappa shape index (κ1) is 16.6. The molecule has 90 valence electrons. The Hall–Kier alpha value is -0.383. The van der Waals surface area contributed by atoms with Crippen LogP contribution >= 0.6 is 0 Å². The fourth-order valence-electron chi connectivity index (χ4n) is 2.40. The maximum atomic E-state index is 12.1. The van der Waals surface area contributed by atoms with E-state index in [4.69, 9.17) is 0 Å². The fraction of sp³-hybridized carbons (Fsp3) is 0.600. The molecule has 0 heterocycles. The molecule has 1 rings (SSSR count). The summed E-state index contributed by atoms with van der Waals surface area (Å²) in [5, 5.41) is 12.1. The van der Waals surface area contributed by atoms with Gasteiger partial charge in [-0.05, 0) is 34.4 Å². The summed E-state index contributed by atoms with van der Waals surface area (Å²) >= 11 is 0. The summed E-state index contributed by atoms with van der Waals surface area (Å²) < 4.78 is 0. The van der Waals surface area contributed by atoms with E-state index >= 15 is 0 Å². The third kappa shape index (κ3) is 3.54. The Morgan fingerprint density at radius 1 is 0.824 bits per heavy atom. The second-order valence-electron chi connectivity index (χ2n) is 6.63. The molecule has 0 aromatic heterocycles. The van der Waals surface area contributed by atoms with Crippen LogP contribution in [0.4, 0.5) is 0 Å². The Labute approximate surface area is 118 Å². The maximum absolute atomic E-state index is 12.1. The van der Waals surface area contributed by atoms with Crippen molar-refractivity contribution in [3.05, 3.63) is 28.8 Å². The molecule has 2 heteroatoms. The predicted octanol–water partition coefficient (Wildman–Crippen LogP) is 0.668. The van der Waals surface area contributed by atoms with Gasteiger partial charge in [0.25, 0.3) is 0 Å². The van der Waals surface area contributed by atoms with Crippen LogP contribution in [0.15, 0.2) is 12.1 Å². The van der Waals surface area contributed by atoms with Gasteiger partial charge in [-0.25, -0.2) is 0 Å². The number of hydrogen-bond acceptors (Lipinski definition) is 1. The van der Waals surface area contributed by atoms with E-state index < -0.39 is 0 Å². The molecule has 1 aromatic carbocycles. The summed E-state index contributed by atoms with van der Waals surface area (Å²) in [6, 6.07) is 3.64. The average molecular weight is 226 g/mol. The minimum Gasteiger partial charge on any atom is -0.872 e. The molecule has 0 aliphatic rings. The second kappa shape index (κ2) is 5.08. The van der Waals surface area contributed by atoms with Crippen LogP contribution in [0.3, 0.4) is 0 Å². The first-order valence-corrected chi connectivity index (χ1v) is 5.86. The molecule has 0 amide bonds. The van der Waals surface area contributed by atoms with Crippen LogP contribution < -0.4 is 24.0 Å². The van der Waals surface area contributed by atoms with Crippen LogP contribution in [-0.2, 0) is 10.8 Å². The van der Waals surface area contributed by atoms with Crippen molar-refractivity contribution < 1.29 is 24.0 Å². The Morgan fingerprint density at radius 2 is 1.24 bits per heavy atom. The number of benzene rings is 1. The van der Waals surface area contributed by atoms with Crippen molar-refractivity contribution in [1.82, 2.24) is 0 Å². The Bertz CT molecular complexity index is 356. The monoisotopic (exact) mass is 226 g/mol. The molecule has 17 heavy (non-hydrogen) atoms. The molecule has 0 unspecified atom stereocenters. The van der Waals surface area contributed by atoms with Gasteiger partial charge in [0.1, 0.15) is 0 Å². The van der Waals surface area contributed by atoms with Gasteiger partial charge in [-0.3, -0.25) is 0 Å². The third-order valence-electron chi connectivity index (χ3n) is 2.88. The zero-order valence-corrected chi connectivity index (χ0v) is 12.6. The van der Waals surface area contributed by atoms with E-state index in [1.54, 1.807) is 6.07 Å². The van der Waals surface area contributed by atoms with Crippen molar-refractivity contribution in [2.45, 2.75) is 59.3 Å². The SMILES string of the molecule is Cc1ccc([O-])c(C(C)(C)C)c1C(C)(C)C.[Li+]. The molecule has 1 aromatic rings. The van der Waals surface area contributed by atoms with E-state index in [2.05, 4.69) is 48.5 Å². The molecular formula is C15H23LiO. The van der Waals surface area contributed by atoms with Crippen molar-refractivity contribution in [3.8, 4) is 5.75 Å². The Morgan fingerprint density at radius 3 is 1.53 bits per heavy atom. The van der Waals surface area contributed by atoms with E-state index in [1.807, 2.05) is 6.07 Å². The van der Waals surface area contributed by atoms with Gasteiger partial charge in [0.2, 0.25) is 0 Å². The molecule has 0 N–H and O–H groups in total. The molecule has 0 bridgehead atoms. The summed E-state index contributed by atoms with van der Waals surface area (Å²) in [4.78, 5) is 0. The van der Waals surface area contributed by atoms with E-state index in [-0.39, 0.29) is 35.4 Å². The molecule has 0 fully saturated rings. The largest absolute Gasteiger partial charge is 1.00 e. The first-order valence-electron chi connectivity index (χ1n) is 5.86. The van der Waals surface area contributed by atoms with Gasteiger partial charge < -0.3 is 5.11 Å².